The summed E-state index contributed by atoms with van der Waals surface area (Å²) in [6, 6.07) is 8.61. The minimum Gasteiger partial charge on any atom is -0.444 e. The lowest BCUT2D eigenvalue weighted by Crippen LogP contribution is -2.50. The molecule has 34 heavy (non-hydrogen) atoms. The topological polar surface area (TPSA) is 109 Å². The van der Waals surface area contributed by atoms with Crippen LogP contribution >= 0.6 is 0 Å². The van der Waals surface area contributed by atoms with Crippen molar-refractivity contribution < 1.29 is 9.53 Å². The average Bonchev–Trinajstić information content (AvgIpc) is 2.81. The molecule has 0 bridgehead atoms. The van der Waals surface area contributed by atoms with Crippen molar-refractivity contribution in [3.8, 4) is 0 Å². The molecule has 1 aromatic carbocycles. The number of benzene rings is 1. The van der Waals surface area contributed by atoms with Crippen LogP contribution in [0.2, 0.25) is 0 Å². The van der Waals surface area contributed by atoms with E-state index in [1.165, 1.54) is 19.3 Å². The third kappa shape index (κ3) is 6.42. The normalized spacial score (nSPS) is 17.4. The fourth-order valence-corrected chi connectivity index (χ4v) is 4.37. The molecule has 0 atom stereocenters. The van der Waals surface area contributed by atoms with E-state index in [0.717, 1.165) is 37.3 Å². The second-order valence-electron chi connectivity index (χ2n) is 10.1. The highest BCUT2D eigenvalue weighted by molar-refractivity contribution is 5.69. The Hall–Kier alpha value is -3.23. The van der Waals surface area contributed by atoms with Crippen LogP contribution in [0.4, 0.5) is 33.6 Å². The fourth-order valence-electron chi connectivity index (χ4n) is 4.37. The number of ether oxygens (including phenoxy) is 1. The zero-order chi connectivity index (χ0) is 24.1. The first-order chi connectivity index (χ1) is 16.3. The standard InChI is InChI=1S/C25H37N7O2/c1-25(2,3)34-24(33)32-15-13-31(14-16-32)20-11-9-19(10-12-20)29-23-27-17-21(26)22(30-23)28-18-7-5-4-6-8-18/h9-12,17-18H,4-8,13-16,26H2,1-3H3,(H2,27,28,29,30). The molecule has 1 aliphatic carbocycles. The molecule has 2 aliphatic rings. The minimum absolute atomic E-state index is 0.243. The number of hydrogen-bond donors (Lipinski definition) is 3. The third-order valence-corrected chi connectivity index (χ3v) is 6.18. The van der Waals surface area contributed by atoms with Crippen molar-refractivity contribution in [2.75, 3.05) is 47.4 Å². The van der Waals surface area contributed by atoms with Gasteiger partial charge in [-0.2, -0.15) is 4.98 Å². The summed E-state index contributed by atoms with van der Waals surface area (Å²) in [6.07, 6.45) is 7.51. The van der Waals surface area contributed by atoms with Gasteiger partial charge in [-0.15, -0.1) is 0 Å². The molecule has 2 fully saturated rings. The van der Waals surface area contributed by atoms with Gasteiger partial charge in [0, 0.05) is 43.6 Å². The Bertz CT molecular complexity index is 960. The number of aromatic nitrogens is 2. The van der Waals surface area contributed by atoms with Crippen LogP contribution in [0.25, 0.3) is 0 Å². The summed E-state index contributed by atoms with van der Waals surface area (Å²) in [7, 11) is 0. The van der Waals surface area contributed by atoms with Crippen molar-refractivity contribution in [2.45, 2.75) is 64.5 Å². The van der Waals surface area contributed by atoms with Crippen molar-refractivity contribution in [3.63, 3.8) is 0 Å². The fraction of sp³-hybridized carbons (Fsp3) is 0.560. The molecular weight excluding hydrogens is 430 g/mol. The molecule has 1 amide bonds. The zero-order valence-electron chi connectivity index (χ0n) is 20.5. The molecular formula is C25H37N7O2. The average molecular weight is 468 g/mol. The molecule has 0 radical (unpaired) electrons. The Kier molecular flexibility index (Phi) is 7.29. The van der Waals surface area contributed by atoms with Crippen LogP contribution in [0.15, 0.2) is 30.5 Å². The SMILES string of the molecule is CC(C)(C)OC(=O)N1CCN(c2ccc(Nc3ncc(N)c(NC4CCCCC4)n3)cc2)CC1. The van der Waals surface area contributed by atoms with Gasteiger partial charge in [0.25, 0.3) is 0 Å². The molecule has 1 aliphatic heterocycles. The van der Waals surface area contributed by atoms with E-state index in [4.69, 9.17) is 10.5 Å². The summed E-state index contributed by atoms with van der Waals surface area (Å²) >= 11 is 0. The Morgan fingerprint density at radius 2 is 1.74 bits per heavy atom. The highest BCUT2D eigenvalue weighted by Gasteiger charge is 2.26. The van der Waals surface area contributed by atoms with E-state index < -0.39 is 5.60 Å². The highest BCUT2D eigenvalue weighted by Crippen LogP contribution is 2.26. The van der Waals surface area contributed by atoms with Gasteiger partial charge in [-0.25, -0.2) is 9.78 Å². The van der Waals surface area contributed by atoms with Crippen LogP contribution in [0.1, 0.15) is 52.9 Å². The summed E-state index contributed by atoms with van der Waals surface area (Å²) < 4.78 is 5.48. The van der Waals surface area contributed by atoms with Crippen LogP contribution in [0.5, 0.6) is 0 Å². The predicted octanol–water partition coefficient (Wildman–Crippen LogP) is 4.60. The first kappa shape index (κ1) is 23.9. The second kappa shape index (κ2) is 10.4. The summed E-state index contributed by atoms with van der Waals surface area (Å²) in [5, 5.41) is 6.77. The lowest BCUT2D eigenvalue weighted by Gasteiger charge is -2.36. The van der Waals surface area contributed by atoms with Gasteiger partial charge in [0.05, 0.1) is 11.9 Å². The van der Waals surface area contributed by atoms with Gasteiger partial charge < -0.3 is 30.9 Å². The Morgan fingerprint density at radius 1 is 1.06 bits per heavy atom. The number of piperazine rings is 1. The molecule has 1 aromatic heterocycles. The molecule has 184 valence electrons. The molecule has 4 rings (SSSR count). The van der Waals surface area contributed by atoms with Crippen molar-refractivity contribution >= 4 is 34.9 Å². The number of nitrogens with zero attached hydrogens (tertiary/aromatic N) is 4. The predicted molar refractivity (Wildman–Crippen MR) is 137 cm³/mol. The molecule has 1 saturated heterocycles. The number of carbonyl (C=O) groups excluding carboxylic acids is 1. The quantitative estimate of drug-likeness (QED) is 0.585. The van der Waals surface area contributed by atoms with Gasteiger partial charge in [-0.1, -0.05) is 19.3 Å². The molecule has 9 nitrogen and oxygen atoms in total. The number of nitrogens with two attached hydrogens (primary N) is 1. The lowest BCUT2D eigenvalue weighted by molar-refractivity contribution is 0.0240. The number of hydrogen-bond acceptors (Lipinski definition) is 8. The van der Waals surface area contributed by atoms with Crippen molar-refractivity contribution in [3.05, 3.63) is 30.5 Å². The van der Waals surface area contributed by atoms with E-state index >= 15 is 0 Å². The van der Waals surface area contributed by atoms with Crippen molar-refractivity contribution in [2.24, 2.45) is 0 Å². The maximum atomic E-state index is 12.3. The highest BCUT2D eigenvalue weighted by atomic mass is 16.6. The van der Waals surface area contributed by atoms with Gasteiger partial charge in [0.2, 0.25) is 5.95 Å². The summed E-state index contributed by atoms with van der Waals surface area (Å²) in [4.78, 5) is 25.3. The minimum atomic E-state index is -0.474. The van der Waals surface area contributed by atoms with Gasteiger partial charge in [0.1, 0.15) is 5.60 Å². The number of amides is 1. The van der Waals surface area contributed by atoms with Crippen LogP contribution in [-0.4, -0.2) is 58.8 Å². The monoisotopic (exact) mass is 467 g/mol. The first-order valence-corrected chi connectivity index (χ1v) is 12.3. The Morgan fingerprint density at radius 3 is 2.38 bits per heavy atom. The largest absolute Gasteiger partial charge is 0.444 e. The second-order valence-corrected chi connectivity index (χ2v) is 10.1. The van der Waals surface area contributed by atoms with E-state index in [9.17, 15) is 4.79 Å². The third-order valence-electron chi connectivity index (χ3n) is 6.18. The van der Waals surface area contributed by atoms with Crippen LogP contribution in [0.3, 0.4) is 0 Å². The van der Waals surface area contributed by atoms with Gasteiger partial charge in [-0.3, -0.25) is 0 Å². The van der Waals surface area contributed by atoms with E-state index in [2.05, 4.69) is 37.6 Å². The smallest absolute Gasteiger partial charge is 0.410 e. The molecule has 2 aromatic rings. The maximum absolute atomic E-state index is 12.3. The number of nitrogen functional groups attached to an aromatic ring is 1. The van der Waals surface area contributed by atoms with E-state index in [-0.39, 0.29) is 6.09 Å². The number of anilines is 5. The van der Waals surface area contributed by atoms with Crippen LogP contribution in [0, 0.1) is 0 Å². The lowest BCUT2D eigenvalue weighted by atomic mass is 9.95. The number of nitrogens with one attached hydrogen (secondary N) is 2. The molecule has 2 heterocycles. The van der Waals surface area contributed by atoms with Crippen molar-refractivity contribution in [1.29, 1.82) is 0 Å². The van der Waals surface area contributed by atoms with Gasteiger partial charge >= 0.3 is 6.09 Å². The molecule has 9 heteroatoms. The summed E-state index contributed by atoms with van der Waals surface area (Å²) in [6.45, 7) is 8.49. The van der Waals surface area contributed by atoms with E-state index in [1.807, 2.05) is 32.9 Å². The summed E-state index contributed by atoms with van der Waals surface area (Å²) in [5.74, 6) is 1.22. The Labute approximate surface area is 202 Å². The van der Waals surface area contributed by atoms with Crippen LogP contribution < -0.4 is 21.3 Å². The summed E-state index contributed by atoms with van der Waals surface area (Å²) in [5.41, 5.74) is 8.22. The van der Waals surface area contributed by atoms with Gasteiger partial charge in [-0.05, 0) is 57.9 Å². The molecule has 0 unspecified atom stereocenters. The van der Waals surface area contributed by atoms with Gasteiger partial charge in [0.15, 0.2) is 5.82 Å². The zero-order valence-corrected chi connectivity index (χ0v) is 20.5. The molecule has 4 N–H and O–H groups in total. The molecule has 1 saturated carbocycles. The van der Waals surface area contributed by atoms with Crippen LogP contribution in [-0.2, 0) is 4.74 Å². The van der Waals surface area contributed by atoms with E-state index in [1.54, 1.807) is 11.1 Å². The first-order valence-electron chi connectivity index (χ1n) is 12.3. The number of carbonyl (C=O) groups is 1. The number of rotatable bonds is 5. The Balaban J connectivity index is 1.32. The van der Waals surface area contributed by atoms with E-state index in [0.29, 0.717) is 36.6 Å². The molecule has 0 spiro atoms. The maximum Gasteiger partial charge on any atom is 0.410 e. The van der Waals surface area contributed by atoms with Crippen molar-refractivity contribution in [1.82, 2.24) is 14.9 Å².